The van der Waals surface area contributed by atoms with E-state index in [1.807, 2.05) is 26.8 Å². The van der Waals surface area contributed by atoms with Crippen LogP contribution in [0.2, 0.25) is 0 Å². The molecule has 0 aliphatic heterocycles. The zero-order chi connectivity index (χ0) is 11.5. The van der Waals surface area contributed by atoms with Crippen molar-refractivity contribution < 1.29 is 9.53 Å². The first-order valence-corrected chi connectivity index (χ1v) is 5.53. The standard InChI is InChI=1S/C12H21NO2/c1-5-6-10(9-7-8-9)13-11(14)15-12(2,3)4/h5,9-10H,1,6-8H2,2-4H3,(H,13,14). The van der Waals surface area contributed by atoms with Crippen molar-refractivity contribution in [3.05, 3.63) is 12.7 Å². The molecule has 15 heavy (non-hydrogen) atoms. The number of alkyl carbamates (subject to hydrolysis) is 1. The van der Waals surface area contributed by atoms with Crippen LogP contribution in [0.25, 0.3) is 0 Å². The Bertz CT molecular complexity index is 238. The highest BCUT2D eigenvalue weighted by molar-refractivity contribution is 5.68. The molecule has 1 aliphatic rings. The van der Waals surface area contributed by atoms with Crippen LogP contribution in [0.15, 0.2) is 12.7 Å². The lowest BCUT2D eigenvalue weighted by Gasteiger charge is -2.23. The van der Waals surface area contributed by atoms with Gasteiger partial charge in [0.2, 0.25) is 0 Å². The normalized spacial score (nSPS) is 18.1. The maximum Gasteiger partial charge on any atom is 0.407 e. The van der Waals surface area contributed by atoms with Gasteiger partial charge in [0.15, 0.2) is 0 Å². The van der Waals surface area contributed by atoms with Crippen LogP contribution in [0, 0.1) is 5.92 Å². The SMILES string of the molecule is C=CCC(NC(=O)OC(C)(C)C)C1CC1. The first-order chi connectivity index (χ1) is 6.92. The fourth-order valence-corrected chi connectivity index (χ4v) is 1.51. The summed E-state index contributed by atoms with van der Waals surface area (Å²) in [6.45, 7) is 9.30. The molecule has 1 saturated carbocycles. The summed E-state index contributed by atoms with van der Waals surface area (Å²) in [5.74, 6) is 0.621. The van der Waals surface area contributed by atoms with E-state index in [0.717, 1.165) is 6.42 Å². The number of rotatable bonds is 4. The Morgan fingerprint density at radius 2 is 2.20 bits per heavy atom. The summed E-state index contributed by atoms with van der Waals surface area (Å²) >= 11 is 0. The van der Waals surface area contributed by atoms with E-state index in [9.17, 15) is 4.79 Å². The van der Waals surface area contributed by atoms with Crippen LogP contribution in [-0.4, -0.2) is 17.7 Å². The molecule has 0 aromatic carbocycles. The molecule has 0 radical (unpaired) electrons. The second kappa shape index (κ2) is 4.69. The average Bonchev–Trinajstić information content (AvgIpc) is 2.81. The fourth-order valence-electron chi connectivity index (χ4n) is 1.51. The van der Waals surface area contributed by atoms with Crippen molar-refractivity contribution in [2.75, 3.05) is 0 Å². The molecule has 86 valence electrons. The number of nitrogens with one attached hydrogen (secondary N) is 1. The number of carbonyl (C=O) groups is 1. The minimum Gasteiger partial charge on any atom is -0.444 e. The van der Waals surface area contributed by atoms with E-state index in [4.69, 9.17) is 4.74 Å². The first-order valence-electron chi connectivity index (χ1n) is 5.53. The minimum atomic E-state index is -0.424. The number of amides is 1. The molecule has 0 aromatic heterocycles. The van der Waals surface area contributed by atoms with Crippen molar-refractivity contribution in [3.63, 3.8) is 0 Å². The van der Waals surface area contributed by atoms with Crippen molar-refractivity contribution in [1.82, 2.24) is 5.32 Å². The summed E-state index contributed by atoms with van der Waals surface area (Å²) in [7, 11) is 0. The van der Waals surface area contributed by atoms with Gasteiger partial charge in [-0.1, -0.05) is 6.08 Å². The second-order valence-electron chi connectivity index (χ2n) is 5.11. The monoisotopic (exact) mass is 211 g/mol. The lowest BCUT2D eigenvalue weighted by molar-refractivity contribution is 0.0498. The molecule has 1 atom stereocenters. The van der Waals surface area contributed by atoms with E-state index < -0.39 is 5.60 Å². The number of hydrogen-bond acceptors (Lipinski definition) is 2. The average molecular weight is 211 g/mol. The molecule has 3 nitrogen and oxygen atoms in total. The summed E-state index contributed by atoms with van der Waals surface area (Å²) < 4.78 is 5.21. The zero-order valence-electron chi connectivity index (χ0n) is 9.88. The predicted octanol–water partition coefficient (Wildman–Crippen LogP) is 2.87. The number of hydrogen-bond donors (Lipinski definition) is 1. The Hall–Kier alpha value is -0.990. The summed E-state index contributed by atoms with van der Waals surface area (Å²) in [5.41, 5.74) is -0.424. The van der Waals surface area contributed by atoms with Crippen LogP contribution in [0.1, 0.15) is 40.0 Å². The van der Waals surface area contributed by atoms with Crippen molar-refractivity contribution >= 4 is 6.09 Å². The van der Waals surface area contributed by atoms with Crippen LogP contribution in [0.4, 0.5) is 4.79 Å². The van der Waals surface area contributed by atoms with E-state index in [2.05, 4.69) is 11.9 Å². The molecule has 1 aliphatic carbocycles. The zero-order valence-corrected chi connectivity index (χ0v) is 9.88. The molecule has 0 heterocycles. The number of carbonyl (C=O) groups excluding carboxylic acids is 1. The van der Waals surface area contributed by atoms with E-state index in [0.29, 0.717) is 5.92 Å². The quantitative estimate of drug-likeness (QED) is 0.726. The van der Waals surface area contributed by atoms with Crippen LogP contribution >= 0.6 is 0 Å². The van der Waals surface area contributed by atoms with Gasteiger partial charge in [-0.3, -0.25) is 0 Å². The Kier molecular flexibility index (Phi) is 3.77. The molecule has 1 rings (SSSR count). The van der Waals surface area contributed by atoms with Gasteiger partial charge in [-0.2, -0.15) is 0 Å². The summed E-state index contributed by atoms with van der Waals surface area (Å²) in [5, 5.41) is 2.90. The summed E-state index contributed by atoms with van der Waals surface area (Å²) in [6.07, 6.45) is 4.76. The van der Waals surface area contributed by atoms with Crippen LogP contribution in [-0.2, 0) is 4.74 Å². The molecular weight excluding hydrogens is 190 g/mol. The van der Waals surface area contributed by atoms with Crippen LogP contribution in [0.3, 0.4) is 0 Å². The minimum absolute atomic E-state index is 0.206. The van der Waals surface area contributed by atoms with E-state index in [1.54, 1.807) is 0 Å². The predicted molar refractivity (Wildman–Crippen MR) is 60.7 cm³/mol. The maximum atomic E-state index is 11.5. The molecule has 3 heteroatoms. The van der Waals surface area contributed by atoms with Crippen LogP contribution in [0.5, 0.6) is 0 Å². The Balaban J connectivity index is 2.36. The molecular formula is C12H21NO2. The van der Waals surface area contributed by atoms with Crippen LogP contribution < -0.4 is 5.32 Å². The van der Waals surface area contributed by atoms with Gasteiger partial charge in [-0.25, -0.2) is 4.79 Å². The molecule has 0 bridgehead atoms. The van der Waals surface area contributed by atoms with E-state index in [1.165, 1.54) is 12.8 Å². The van der Waals surface area contributed by atoms with Gasteiger partial charge in [0.1, 0.15) is 5.60 Å². The topological polar surface area (TPSA) is 38.3 Å². The van der Waals surface area contributed by atoms with Gasteiger partial charge in [-0.05, 0) is 46.0 Å². The second-order valence-corrected chi connectivity index (χ2v) is 5.11. The Labute approximate surface area is 91.9 Å². The molecule has 1 N–H and O–H groups in total. The number of ether oxygens (including phenoxy) is 1. The highest BCUT2D eigenvalue weighted by Gasteiger charge is 2.32. The largest absolute Gasteiger partial charge is 0.444 e. The third-order valence-corrected chi connectivity index (χ3v) is 2.31. The van der Waals surface area contributed by atoms with Crippen molar-refractivity contribution in [2.24, 2.45) is 5.92 Å². The highest BCUT2D eigenvalue weighted by Crippen LogP contribution is 2.34. The smallest absolute Gasteiger partial charge is 0.407 e. The van der Waals surface area contributed by atoms with Gasteiger partial charge in [-0.15, -0.1) is 6.58 Å². The van der Waals surface area contributed by atoms with E-state index in [-0.39, 0.29) is 12.1 Å². The van der Waals surface area contributed by atoms with Gasteiger partial charge in [0, 0.05) is 6.04 Å². The van der Waals surface area contributed by atoms with Crippen molar-refractivity contribution in [2.45, 2.75) is 51.7 Å². The molecule has 1 amide bonds. The van der Waals surface area contributed by atoms with Crippen molar-refractivity contribution in [1.29, 1.82) is 0 Å². The summed E-state index contributed by atoms with van der Waals surface area (Å²) in [4.78, 5) is 11.5. The molecule has 0 saturated heterocycles. The third kappa shape index (κ3) is 4.86. The molecule has 0 spiro atoms. The summed E-state index contributed by atoms with van der Waals surface area (Å²) in [6, 6.07) is 0.206. The molecule has 0 aromatic rings. The van der Waals surface area contributed by atoms with E-state index >= 15 is 0 Å². The highest BCUT2D eigenvalue weighted by atomic mass is 16.6. The van der Waals surface area contributed by atoms with Gasteiger partial charge < -0.3 is 10.1 Å². The molecule has 1 fully saturated rings. The fraction of sp³-hybridized carbons (Fsp3) is 0.750. The molecule has 1 unspecified atom stereocenters. The van der Waals surface area contributed by atoms with Gasteiger partial charge in [0.25, 0.3) is 0 Å². The Morgan fingerprint density at radius 3 is 2.60 bits per heavy atom. The third-order valence-electron chi connectivity index (χ3n) is 2.31. The lowest BCUT2D eigenvalue weighted by atomic mass is 10.1. The van der Waals surface area contributed by atoms with Crippen molar-refractivity contribution in [3.8, 4) is 0 Å². The maximum absolute atomic E-state index is 11.5. The lowest BCUT2D eigenvalue weighted by Crippen LogP contribution is -2.40. The van der Waals surface area contributed by atoms with Gasteiger partial charge in [0.05, 0.1) is 0 Å². The Morgan fingerprint density at radius 1 is 1.60 bits per heavy atom. The van der Waals surface area contributed by atoms with Gasteiger partial charge >= 0.3 is 6.09 Å². The first kappa shape index (κ1) is 12.1.